The van der Waals surface area contributed by atoms with Gasteiger partial charge in [0.05, 0.1) is 0 Å². The van der Waals surface area contributed by atoms with Gasteiger partial charge in [-0.3, -0.25) is 0 Å². The normalized spacial score (nSPS) is 15.0. The Morgan fingerprint density at radius 2 is 1.81 bits per heavy atom. The van der Waals surface area contributed by atoms with Gasteiger partial charge in [-0.05, 0) is 72.8 Å². The Bertz CT molecular complexity index is 615. The van der Waals surface area contributed by atoms with Gasteiger partial charge < -0.3 is 0 Å². The SMILES string of the molecule is Cc1ccccc1CC(CBr)Cc1ccc2c(c1)CCC2. The van der Waals surface area contributed by atoms with E-state index in [0.717, 1.165) is 11.8 Å². The third-order valence-corrected chi connectivity index (χ3v) is 5.59. The summed E-state index contributed by atoms with van der Waals surface area (Å²) >= 11 is 3.72. The van der Waals surface area contributed by atoms with Crippen molar-refractivity contribution in [2.24, 2.45) is 5.92 Å². The lowest BCUT2D eigenvalue weighted by Crippen LogP contribution is -2.11. The maximum atomic E-state index is 3.72. The topological polar surface area (TPSA) is 0 Å². The average Bonchev–Trinajstić information content (AvgIpc) is 2.96. The lowest BCUT2D eigenvalue weighted by Gasteiger charge is -2.16. The molecule has 0 heterocycles. The smallest absolute Gasteiger partial charge is 0.00660 e. The Morgan fingerprint density at radius 1 is 1.00 bits per heavy atom. The van der Waals surface area contributed by atoms with Crippen molar-refractivity contribution < 1.29 is 0 Å². The Morgan fingerprint density at radius 3 is 2.62 bits per heavy atom. The van der Waals surface area contributed by atoms with Crippen molar-refractivity contribution in [1.29, 1.82) is 0 Å². The van der Waals surface area contributed by atoms with E-state index in [9.17, 15) is 0 Å². The molecule has 0 fully saturated rings. The summed E-state index contributed by atoms with van der Waals surface area (Å²) in [5.74, 6) is 0.672. The minimum atomic E-state index is 0.672. The molecule has 1 heteroatoms. The number of hydrogen-bond donors (Lipinski definition) is 0. The lowest BCUT2D eigenvalue weighted by atomic mass is 9.91. The second kappa shape index (κ2) is 6.79. The van der Waals surface area contributed by atoms with E-state index in [-0.39, 0.29) is 0 Å². The maximum absolute atomic E-state index is 3.72. The minimum absolute atomic E-state index is 0.672. The van der Waals surface area contributed by atoms with Crippen LogP contribution in [0.1, 0.15) is 34.2 Å². The van der Waals surface area contributed by atoms with Crippen LogP contribution in [0.2, 0.25) is 0 Å². The molecule has 3 rings (SSSR count). The highest BCUT2D eigenvalue weighted by atomic mass is 79.9. The molecule has 1 unspecified atom stereocenters. The summed E-state index contributed by atoms with van der Waals surface area (Å²) in [6.45, 7) is 2.22. The molecule has 0 saturated carbocycles. The predicted octanol–water partition coefficient (Wildman–Crippen LogP) is 5.28. The quantitative estimate of drug-likeness (QED) is 0.648. The monoisotopic (exact) mass is 342 g/mol. The van der Waals surface area contributed by atoms with E-state index < -0.39 is 0 Å². The highest BCUT2D eigenvalue weighted by Crippen LogP contribution is 2.25. The summed E-state index contributed by atoms with van der Waals surface area (Å²) in [5, 5.41) is 1.07. The van der Waals surface area contributed by atoms with Crippen LogP contribution < -0.4 is 0 Å². The fourth-order valence-corrected chi connectivity index (χ4v) is 3.87. The van der Waals surface area contributed by atoms with Crippen molar-refractivity contribution in [1.82, 2.24) is 0 Å². The summed E-state index contributed by atoms with van der Waals surface area (Å²) in [4.78, 5) is 0. The number of rotatable bonds is 5. The molecule has 21 heavy (non-hydrogen) atoms. The predicted molar refractivity (Wildman–Crippen MR) is 94.3 cm³/mol. The number of halogens is 1. The van der Waals surface area contributed by atoms with Crippen LogP contribution in [0, 0.1) is 12.8 Å². The van der Waals surface area contributed by atoms with Crippen LogP contribution in [0.5, 0.6) is 0 Å². The van der Waals surface area contributed by atoms with Crippen LogP contribution in [0.25, 0.3) is 0 Å². The molecule has 1 atom stereocenters. The molecular formula is C20H23Br. The molecule has 2 aromatic rings. The van der Waals surface area contributed by atoms with Gasteiger partial charge in [-0.15, -0.1) is 0 Å². The Hall–Kier alpha value is -1.08. The van der Waals surface area contributed by atoms with Crippen LogP contribution >= 0.6 is 15.9 Å². The van der Waals surface area contributed by atoms with Gasteiger partial charge in [-0.2, -0.15) is 0 Å². The fraction of sp³-hybridized carbons (Fsp3) is 0.400. The lowest BCUT2D eigenvalue weighted by molar-refractivity contribution is 0.589. The highest BCUT2D eigenvalue weighted by molar-refractivity contribution is 9.09. The average molecular weight is 343 g/mol. The van der Waals surface area contributed by atoms with Gasteiger partial charge in [0.25, 0.3) is 0 Å². The van der Waals surface area contributed by atoms with E-state index in [1.165, 1.54) is 42.4 Å². The first-order chi connectivity index (χ1) is 10.3. The Kier molecular flexibility index (Phi) is 4.80. The molecule has 0 aliphatic heterocycles. The zero-order valence-electron chi connectivity index (χ0n) is 12.7. The summed E-state index contributed by atoms with van der Waals surface area (Å²) < 4.78 is 0. The molecule has 0 bridgehead atoms. The third kappa shape index (κ3) is 3.58. The van der Waals surface area contributed by atoms with Gasteiger partial charge in [-0.1, -0.05) is 58.4 Å². The van der Waals surface area contributed by atoms with Gasteiger partial charge in [0, 0.05) is 5.33 Å². The maximum Gasteiger partial charge on any atom is 0.00660 e. The molecule has 1 aliphatic rings. The zero-order valence-corrected chi connectivity index (χ0v) is 14.3. The van der Waals surface area contributed by atoms with Gasteiger partial charge in [0.1, 0.15) is 0 Å². The summed E-state index contributed by atoms with van der Waals surface area (Å²) in [5.41, 5.74) is 7.58. The van der Waals surface area contributed by atoms with Crippen LogP contribution in [0.15, 0.2) is 42.5 Å². The Labute approximate surface area is 136 Å². The molecular weight excluding hydrogens is 320 g/mol. The number of hydrogen-bond acceptors (Lipinski definition) is 0. The number of benzene rings is 2. The van der Waals surface area contributed by atoms with E-state index in [0.29, 0.717) is 5.92 Å². The van der Waals surface area contributed by atoms with Gasteiger partial charge in [-0.25, -0.2) is 0 Å². The van der Waals surface area contributed by atoms with Gasteiger partial charge in [0.2, 0.25) is 0 Å². The molecule has 0 saturated heterocycles. The zero-order chi connectivity index (χ0) is 14.7. The minimum Gasteiger partial charge on any atom is -0.0925 e. The van der Waals surface area contributed by atoms with E-state index in [2.05, 4.69) is 65.3 Å². The van der Waals surface area contributed by atoms with Crippen molar-refractivity contribution in [3.63, 3.8) is 0 Å². The number of fused-ring (bicyclic) bond motifs is 1. The number of alkyl halides is 1. The second-order valence-electron chi connectivity index (χ2n) is 6.31. The third-order valence-electron chi connectivity index (χ3n) is 4.68. The molecule has 2 aromatic carbocycles. The first-order valence-electron chi connectivity index (χ1n) is 7.97. The molecule has 1 aliphatic carbocycles. The first-order valence-corrected chi connectivity index (χ1v) is 9.09. The van der Waals surface area contributed by atoms with Crippen LogP contribution in [0.4, 0.5) is 0 Å². The largest absolute Gasteiger partial charge is 0.0925 e. The van der Waals surface area contributed by atoms with E-state index in [1.54, 1.807) is 11.1 Å². The molecule has 0 radical (unpaired) electrons. The second-order valence-corrected chi connectivity index (χ2v) is 6.96. The van der Waals surface area contributed by atoms with E-state index >= 15 is 0 Å². The van der Waals surface area contributed by atoms with Crippen LogP contribution in [-0.4, -0.2) is 5.33 Å². The van der Waals surface area contributed by atoms with Crippen molar-refractivity contribution in [2.45, 2.75) is 39.0 Å². The van der Waals surface area contributed by atoms with Gasteiger partial charge in [0.15, 0.2) is 0 Å². The van der Waals surface area contributed by atoms with Crippen molar-refractivity contribution in [2.75, 3.05) is 5.33 Å². The summed E-state index contributed by atoms with van der Waals surface area (Å²) in [6.07, 6.45) is 6.23. The molecule has 0 nitrogen and oxygen atoms in total. The van der Waals surface area contributed by atoms with Gasteiger partial charge >= 0.3 is 0 Å². The fourth-order valence-electron chi connectivity index (χ4n) is 3.42. The number of aryl methyl sites for hydroxylation is 3. The molecule has 0 aromatic heterocycles. The molecule has 0 N–H and O–H groups in total. The highest BCUT2D eigenvalue weighted by Gasteiger charge is 2.14. The van der Waals surface area contributed by atoms with Crippen LogP contribution in [0.3, 0.4) is 0 Å². The van der Waals surface area contributed by atoms with E-state index in [4.69, 9.17) is 0 Å². The standard InChI is InChI=1S/C20H23Br/c1-15-5-2-3-6-19(15)13-17(14-21)11-16-9-10-18-7-4-8-20(18)12-16/h2-3,5-6,9-10,12,17H,4,7-8,11,13-14H2,1H3. The summed E-state index contributed by atoms with van der Waals surface area (Å²) in [7, 11) is 0. The van der Waals surface area contributed by atoms with Crippen LogP contribution in [-0.2, 0) is 25.7 Å². The van der Waals surface area contributed by atoms with E-state index in [1.807, 2.05) is 0 Å². The molecule has 0 spiro atoms. The van der Waals surface area contributed by atoms with Crippen molar-refractivity contribution in [3.05, 3.63) is 70.3 Å². The molecule has 0 amide bonds. The summed E-state index contributed by atoms with van der Waals surface area (Å²) in [6, 6.07) is 15.9. The van der Waals surface area contributed by atoms with Crippen molar-refractivity contribution >= 4 is 15.9 Å². The first kappa shape index (κ1) is 14.8. The Balaban J connectivity index is 1.71. The van der Waals surface area contributed by atoms with Crippen molar-refractivity contribution in [3.8, 4) is 0 Å². The molecule has 110 valence electrons.